The monoisotopic (exact) mass is 219 g/mol. The summed E-state index contributed by atoms with van der Waals surface area (Å²) in [5.74, 6) is 1.04. The Kier molecular flexibility index (Phi) is 7.01. The standard InChI is InChI=1S/C10H21NO2S/c1-3-4-5-7-14-8-6-10(2,11)9(12)13/h3-8,11H2,1-2H3,(H,12,13). The summed E-state index contributed by atoms with van der Waals surface area (Å²) in [5, 5.41) is 8.75. The van der Waals surface area contributed by atoms with Crippen molar-refractivity contribution in [1.29, 1.82) is 0 Å². The first-order valence-electron chi connectivity index (χ1n) is 5.10. The Morgan fingerprint density at radius 2 is 2.07 bits per heavy atom. The van der Waals surface area contributed by atoms with Crippen LogP contribution in [0.25, 0.3) is 0 Å². The Morgan fingerprint density at radius 1 is 1.43 bits per heavy atom. The van der Waals surface area contributed by atoms with E-state index < -0.39 is 11.5 Å². The van der Waals surface area contributed by atoms with Gasteiger partial charge < -0.3 is 10.8 Å². The molecule has 14 heavy (non-hydrogen) atoms. The van der Waals surface area contributed by atoms with Crippen LogP contribution in [0, 0.1) is 0 Å². The van der Waals surface area contributed by atoms with Crippen LogP contribution in [0.3, 0.4) is 0 Å². The van der Waals surface area contributed by atoms with Gasteiger partial charge in [-0.05, 0) is 31.3 Å². The summed E-state index contributed by atoms with van der Waals surface area (Å²) in [4.78, 5) is 10.7. The topological polar surface area (TPSA) is 63.3 Å². The number of unbranched alkanes of at least 4 members (excludes halogenated alkanes) is 2. The van der Waals surface area contributed by atoms with Crippen molar-refractivity contribution in [3.63, 3.8) is 0 Å². The van der Waals surface area contributed by atoms with E-state index in [-0.39, 0.29) is 0 Å². The summed E-state index contributed by atoms with van der Waals surface area (Å²) < 4.78 is 0. The Balaban J connectivity index is 3.40. The van der Waals surface area contributed by atoms with Crippen molar-refractivity contribution in [2.75, 3.05) is 11.5 Å². The minimum absolute atomic E-state index is 0.541. The summed E-state index contributed by atoms with van der Waals surface area (Å²) in [6, 6.07) is 0. The van der Waals surface area contributed by atoms with E-state index in [1.165, 1.54) is 19.3 Å². The molecule has 84 valence electrons. The van der Waals surface area contributed by atoms with Gasteiger partial charge in [0.1, 0.15) is 5.54 Å². The van der Waals surface area contributed by atoms with Crippen molar-refractivity contribution >= 4 is 17.7 Å². The molecule has 0 heterocycles. The van der Waals surface area contributed by atoms with E-state index in [0.717, 1.165) is 11.5 Å². The second-order valence-electron chi connectivity index (χ2n) is 3.79. The molecule has 0 spiro atoms. The summed E-state index contributed by atoms with van der Waals surface area (Å²) in [5.41, 5.74) is 4.53. The van der Waals surface area contributed by atoms with Gasteiger partial charge in [-0.2, -0.15) is 11.8 Å². The molecular weight excluding hydrogens is 198 g/mol. The Morgan fingerprint density at radius 3 is 2.57 bits per heavy atom. The molecular formula is C10H21NO2S. The van der Waals surface area contributed by atoms with E-state index in [4.69, 9.17) is 10.8 Å². The number of hydrogen-bond donors (Lipinski definition) is 2. The molecule has 0 aromatic carbocycles. The maximum absolute atomic E-state index is 10.7. The van der Waals surface area contributed by atoms with Crippen LogP contribution in [0.2, 0.25) is 0 Å². The number of hydrogen-bond acceptors (Lipinski definition) is 3. The highest BCUT2D eigenvalue weighted by atomic mass is 32.2. The average Bonchev–Trinajstić information content (AvgIpc) is 2.10. The molecule has 0 aromatic heterocycles. The number of rotatable bonds is 8. The smallest absolute Gasteiger partial charge is 0.323 e. The highest BCUT2D eigenvalue weighted by Crippen LogP contribution is 2.13. The molecule has 0 aromatic rings. The summed E-state index contributed by atoms with van der Waals surface area (Å²) >= 11 is 1.79. The minimum Gasteiger partial charge on any atom is -0.480 e. The molecule has 4 heteroatoms. The quantitative estimate of drug-likeness (QED) is 0.614. The third-order valence-corrected chi connectivity index (χ3v) is 3.22. The predicted molar refractivity (Wildman–Crippen MR) is 61.7 cm³/mol. The molecule has 0 fully saturated rings. The van der Waals surface area contributed by atoms with Crippen LogP contribution in [0.4, 0.5) is 0 Å². The van der Waals surface area contributed by atoms with Crippen LogP contribution in [-0.4, -0.2) is 28.1 Å². The Hall–Kier alpha value is -0.220. The molecule has 1 unspecified atom stereocenters. The molecule has 3 N–H and O–H groups in total. The molecule has 1 atom stereocenters. The van der Waals surface area contributed by atoms with E-state index in [0.29, 0.717) is 6.42 Å². The van der Waals surface area contributed by atoms with Crippen molar-refractivity contribution in [1.82, 2.24) is 0 Å². The van der Waals surface area contributed by atoms with E-state index in [9.17, 15) is 4.79 Å². The fourth-order valence-electron chi connectivity index (χ4n) is 0.947. The summed E-state index contributed by atoms with van der Waals surface area (Å²) in [7, 11) is 0. The zero-order valence-electron chi connectivity index (χ0n) is 9.08. The van der Waals surface area contributed by atoms with Gasteiger partial charge in [-0.3, -0.25) is 4.79 Å². The Labute approximate surface area is 90.4 Å². The van der Waals surface area contributed by atoms with Gasteiger partial charge in [0.05, 0.1) is 0 Å². The van der Waals surface area contributed by atoms with Crippen LogP contribution in [-0.2, 0) is 4.79 Å². The van der Waals surface area contributed by atoms with Crippen molar-refractivity contribution < 1.29 is 9.90 Å². The van der Waals surface area contributed by atoms with Gasteiger partial charge in [0, 0.05) is 0 Å². The molecule has 0 radical (unpaired) electrons. The second-order valence-corrected chi connectivity index (χ2v) is 5.02. The lowest BCUT2D eigenvalue weighted by Gasteiger charge is -2.18. The van der Waals surface area contributed by atoms with Gasteiger partial charge >= 0.3 is 5.97 Å². The maximum atomic E-state index is 10.7. The lowest BCUT2D eigenvalue weighted by atomic mass is 10.0. The molecule has 0 saturated carbocycles. The van der Waals surface area contributed by atoms with Crippen LogP contribution in [0.15, 0.2) is 0 Å². The van der Waals surface area contributed by atoms with Crippen LogP contribution < -0.4 is 5.73 Å². The van der Waals surface area contributed by atoms with Gasteiger partial charge in [-0.25, -0.2) is 0 Å². The highest BCUT2D eigenvalue weighted by Gasteiger charge is 2.26. The van der Waals surface area contributed by atoms with Crippen LogP contribution in [0.5, 0.6) is 0 Å². The number of carbonyl (C=O) groups is 1. The molecule has 0 aliphatic heterocycles. The highest BCUT2D eigenvalue weighted by molar-refractivity contribution is 7.99. The minimum atomic E-state index is -1.06. The fraction of sp³-hybridized carbons (Fsp3) is 0.900. The maximum Gasteiger partial charge on any atom is 0.323 e. The summed E-state index contributed by atoms with van der Waals surface area (Å²) in [6.45, 7) is 3.74. The largest absolute Gasteiger partial charge is 0.480 e. The molecule has 0 saturated heterocycles. The zero-order valence-corrected chi connectivity index (χ0v) is 9.90. The number of nitrogens with two attached hydrogens (primary N) is 1. The first-order valence-corrected chi connectivity index (χ1v) is 6.26. The first kappa shape index (κ1) is 13.8. The average molecular weight is 219 g/mol. The SMILES string of the molecule is CCCCCSCCC(C)(N)C(=O)O. The Bertz CT molecular complexity index is 172. The fourth-order valence-corrected chi connectivity index (χ4v) is 2.13. The van der Waals surface area contributed by atoms with E-state index in [1.54, 1.807) is 18.7 Å². The van der Waals surface area contributed by atoms with E-state index in [2.05, 4.69) is 6.92 Å². The van der Waals surface area contributed by atoms with Gasteiger partial charge in [0.2, 0.25) is 0 Å². The van der Waals surface area contributed by atoms with Crippen LogP contribution in [0.1, 0.15) is 39.5 Å². The number of carboxylic acid groups (broad SMARTS) is 1. The van der Waals surface area contributed by atoms with Crippen molar-refractivity contribution in [3.05, 3.63) is 0 Å². The number of aliphatic carboxylic acids is 1. The van der Waals surface area contributed by atoms with Crippen LogP contribution >= 0.6 is 11.8 Å². The van der Waals surface area contributed by atoms with Gasteiger partial charge in [-0.1, -0.05) is 19.8 Å². The van der Waals surface area contributed by atoms with E-state index in [1.807, 2.05) is 0 Å². The third kappa shape index (κ3) is 6.27. The molecule has 0 aliphatic carbocycles. The van der Waals surface area contributed by atoms with Gasteiger partial charge in [-0.15, -0.1) is 0 Å². The predicted octanol–water partition coefficient (Wildman–Crippen LogP) is 2.10. The molecule has 0 amide bonds. The lowest BCUT2D eigenvalue weighted by molar-refractivity contribution is -0.142. The molecule has 3 nitrogen and oxygen atoms in total. The van der Waals surface area contributed by atoms with Crippen molar-refractivity contribution in [3.8, 4) is 0 Å². The van der Waals surface area contributed by atoms with Crippen molar-refractivity contribution in [2.24, 2.45) is 5.73 Å². The number of carboxylic acids is 1. The molecule has 0 bridgehead atoms. The lowest BCUT2D eigenvalue weighted by Crippen LogP contribution is -2.45. The first-order chi connectivity index (χ1) is 6.50. The normalized spacial score (nSPS) is 15.1. The molecule has 0 aliphatic rings. The van der Waals surface area contributed by atoms with E-state index >= 15 is 0 Å². The zero-order chi connectivity index (χ0) is 11.0. The van der Waals surface area contributed by atoms with Gasteiger partial charge in [0.15, 0.2) is 0 Å². The number of thioether (sulfide) groups is 1. The van der Waals surface area contributed by atoms with Gasteiger partial charge in [0.25, 0.3) is 0 Å². The summed E-state index contributed by atoms with van der Waals surface area (Å²) in [6.07, 6.45) is 4.24. The third-order valence-electron chi connectivity index (χ3n) is 2.15. The molecule has 0 rings (SSSR count). The second kappa shape index (κ2) is 7.12. The van der Waals surface area contributed by atoms with Crippen molar-refractivity contribution in [2.45, 2.75) is 45.1 Å².